The maximum atomic E-state index is 13.7. The topological polar surface area (TPSA) is 93.2 Å². The summed E-state index contributed by atoms with van der Waals surface area (Å²) in [5.41, 5.74) is 0.776. The second kappa shape index (κ2) is 9.85. The van der Waals surface area contributed by atoms with Gasteiger partial charge in [-0.25, -0.2) is 17.7 Å². The summed E-state index contributed by atoms with van der Waals surface area (Å²) in [6.07, 6.45) is -0.332. The number of carbonyl (C=O) groups excluding carboxylic acids is 2. The van der Waals surface area contributed by atoms with Crippen LogP contribution >= 0.6 is 0 Å². The Morgan fingerprint density at radius 2 is 1.43 bits per heavy atom. The number of rotatable bonds is 8. The largest absolute Gasteiger partial charge is 0.497 e. The van der Waals surface area contributed by atoms with Crippen LogP contribution < -0.4 is 14.4 Å². The lowest BCUT2D eigenvalue weighted by Gasteiger charge is -2.27. The summed E-state index contributed by atoms with van der Waals surface area (Å²) in [6, 6.07) is 16.1. The molecule has 3 aromatic carbocycles. The minimum Gasteiger partial charge on any atom is -0.497 e. The molecule has 1 heterocycles. The zero-order valence-electron chi connectivity index (χ0n) is 19.0. The van der Waals surface area contributed by atoms with Gasteiger partial charge in [-0.2, -0.15) is 4.31 Å². The van der Waals surface area contributed by atoms with Gasteiger partial charge < -0.3 is 9.47 Å². The number of methoxy groups -OCH3 is 2. The van der Waals surface area contributed by atoms with Crippen molar-refractivity contribution in [3.8, 4) is 11.5 Å². The van der Waals surface area contributed by atoms with Gasteiger partial charge in [-0.05, 0) is 66.2 Å². The number of anilines is 1. The van der Waals surface area contributed by atoms with Crippen LogP contribution in [0.5, 0.6) is 11.5 Å². The standard InChI is InChI=1S/C25H23FN2O6S/c1-33-20-9-7-19(8-10-20)28-24(29)15-23(25(28)30)27(16-17-3-5-18(26)6-4-17)35(31,32)22-13-11-21(34-2)12-14-22/h3-14,23H,15-16H2,1-2H3. The molecule has 0 N–H and O–H groups in total. The number of hydrogen-bond acceptors (Lipinski definition) is 6. The minimum absolute atomic E-state index is 0.0661. The second-order valence-electron chi connectivity index (χ2n) is 7.84. The normalized spacial score (nSPS) is 16.1. The van der Waals surface area contributed by atoms with Gasteiger partial charge in [0.1, 0.15) is 23.4 Å². The molecule has 4 rings (SSSR count). The number of imide groups is 1. The molecule has 0 aliphatic carbocycles. The van der Waals surface area contributed by atoms with Crippen molar-refractivity contribution in [2.24, 2.45) is 0 Å². The molecular formula is C25H23FN2O6S. The van der Waals surface area contributed by atoms with E-state index in [1.165, 1.54) is 62.8 Å². The van der Waals surface area contributed by atoms with Gasteiger partial charge in [-0.3, -0.25) is 9.59 Å². The molecule has 1 saturated heterocycles. The van der Waals surface area contributed by atoms with Crippen LogP contribution in [0.15, 0.2) is 77.7 Å². The van der Waals surface area contributed by atoms with E-state index < -0.39 is 33.7 Å². The Hall–Kier alpha value is -3.76. The Morgan fingerprint density at radius 1 is 0.886 bits per heavy atom. The smallest absolute Gasteiger partial charge is 0.252 e. The first-order valence-corrected chi connectivity index (χ1v) is 12.1. The molecule has 1 atom stereocenters. The predicted molar refractivity (Wildman–Crippen MR) is 126 cm³/mol. The van der Waals surface area contributed by atoms with Gasteiger partial charge in [0, 0.05) is 6.54 Å². The Kier molecular flexibility index (Phi) is 6.86. The van der Waals surface area contributed by atoms with Crippen LogP contribution in [0.25, 0.3) is 0 Å². The number of sulfonamides is 1. The third-order valence-electron chi connectivity index (χ3n) is 5.72. The van der Waals surface area contributed by atoms with E-state index in [1.807, 2.05) is 0 Å². The lowest BCUT2D eigenvalue weighted by molar-refractivity contribution is -0.122. The van der Waals surface area contributed by atoms with Gasteiger partial charge in [-0.1, -0.05) is 12.1 Å². The van der Waals surface area contributed by atoms with Gasteiger partial charge in [0.25, 0.3) is 5.91 Å². The van der Waals surface area contributed by atoms with Crippen molar-refractivity contribution in [1.29, 1.82) is 0 Å². The number of nitrogens with zero attached hydrogens (tertiary/aromatic N) is 2. The van der Waals surface area contributed by atoms with E-state index in [0.717, 1.165) is 9.21 Å². The number of hydrogen-bond donors (Lipinski definition) is 0. The fraction of sp³-hybridized carbons (Fsp3) is 0.200. The number of carbonyl (C=O) groups is 2. The molecule has 1 fully saturated rings. The van der Waals surface area contributed by atoms with Crippen LogP contribution in [0, 0.1) is 5.82 Å². The summed E-state index contributed by atoms with van der Waals surface area (Å²) in [7, 11) is -1.27. The molecule has 2 amide bonds. The Morgan fingerprint density at radius 3 is 1.97 bits per heavy atom. The van der Waals surface area contributed by atoms with Gasteiger partial charge in [0.2, 0.25) is 15.9 Å². The van der Waals surface area contributed by atoms with E-state index >= 15 is 0 Å². The third-order valence-corrected chi connectivity index (χ3v) is 7.59. The van der Waals surface area contributed by atoms with Gasteiger partial charge in [0.15, 0.2) is 0 Å². The molecule has 0 saturated carbocycles. The highest BCUT2D eigenvalue weighted by molar-refractivity contribution is 7.89. The van der Waals surface area contributed by atoms with Crippen molar-refractivity contribution in [1.82, 2.24) is 4.31 Å². The summed E-state index contributed by atoms with van der Waals surface area (Å²) in [6.45, 7) is -0.227. The molecule has 3 aromatic rings. The van der Waals surface area contributed by atoms with Crippen molar-refractivity contribution in [3.63, 3.8) is 0 Å². The number of ether oxygens (including phenoxy) is 2. The lowest BCUT2D eigenvalue weighted by Crippen LogP contribution is -2.45. The summed E-state index contributed by atoms with van der Waals surface area (Å²) in [5.74, 6) is -0.661. The van der Waals surface area contributed by atoms with Crippen molar-refractivity contribution in [2.75, 3.05) is 19.1 Å². The number of amides is 2. The van der Waals surface area contributed by atoms with E-state index in [9.17, 15) is 22.4 Å². The average Bonchev–Trinajstić information content (AvgIpc) is 3.16. The first kappa shape index (κ1) is 24.4. The first-order valence-electron chi connectivity index (χ1n) is 10.7. The highest BCUT2D eigenvalue weighted by Crippen LogP contribution is 2.32. The fourth-order valence-corrected chi connectivity index (χ4v) is 5.43. The molecule has 0 radical (unpaired) electrons. The van der Waals surface area contributed by atoms with Crippen LogP contribution in [0.3, 0.4) is 0 Å². The van der Waals surface area contributed by atoms with Crippen LogP contribution in [-0.2, 0) is 26.2 Å². The van der Waals surface area contributed by atoms with Crippen molar-refractivity contribution in [3.05, 3.63) is 84.2 Å². The van der Waals surface area contributed by atoms with Gasteiger partial charge in [-0.15, -0.1) is 0 Å². The minimum atomic E-state index is -4.23. The van der Waals surface area contributed by atoms with Gasteiger partial charge >= 0.3 is 0 Å². The predicted octanol–water partition coefficient (Wildman–Crippen LogP) is 3.37. The zero-order chi connectivity index (χ0) is 25.2. The van der Waals surface area contributed by atoms with Crippen LogP contribution in [0.4, 0.5) is 10.1 Å². The fourth-order valence-electron chi connectivity index (χ4n) is 3.86. The molecule has 10 heteroatoms. The molecule has 1 unspecified atom stereocenters. The molecule has 182 valence electrons. The van der Waals surface area contributed by atoms with E-state index in [4.69, 9.17) is 9.47 Å². The third kappa shape index (κ3) is 4.89. The molecule has 0 bridgehead atoms. The van der Waals surface area contributed by atoms with E-state index in [-0.39, 0.29) is 17.9 Å². The van der Waals surface area contributed by atoms with E-state index in [2.05, 4.69) is 0 Å². The number of halogens is 1. The Labute approximate surface area is 202 Å². The lowest BCUT2D eigenvalue weighted by atomic mass is 10.2. The van der Waals surface area contributed by atoms with Gasteiger partial charge in [0.05, 0.1) is 31.2 Å². The van der Waals surface area contributed by atoms with Crippen LogP contribution in [0.1, 0.15) is 12.0 Å². The SMILES string of the molecule is COc1ccc(N2C(=O)CC(N(Cc3ccc(F)cc3)S(=O)(=O)c3ccc(OC)cc3)C2=O)cc1. The maximum absolute atomic E-state index is 13.7. The molecule has 0 spiro atoms. The molecule has 8 nitrogen and oxygen atoms in total. The highest BCUT2D eigenvalue weighted by Gasteiger charge is 2.47. The quantitative estimate of drug-likeness (QED) is 0.442. The molecular weight excluding hydrogens is 475 g/mol. The van der Waals surface area contributed by atoms with E-state index in [0.29, 0.717) is 22.7 Å². The van der Waals surface area contributed by atoms with Crippen LogP contribution in [-0.4, -0.2) is 44.8 Å². The highest BCUT2D eigenvalue weighted by atomic mass is 32.2. The summed E-state index contributed by atoms with van der Waals surface area (Å²) < 4.78 is 52.0. The monoisotopic (exact) mass is 498 g/mol. The van der Waals surface area contributed by atoms with Crippen LogP contribution in [0.2, 0.25) is 0 Å². The molecule has 1 aliphatic rings. The van der Waals surface area contributed by atoms with Crippen molar-refractivity contribution >= 4 is 27.5 Å². The zero-order valence-corrected chi connectivity index (χ0v) is 19.9. The molecule has 1 aliphatic heterocycles. The average molecular weight is 499 g/mol. The van der Waals surface area contributed by atoms with E-state index in [1.54, 1.807) is 24.3 Å². The van der Waals surface area contributed by atoms with Crippen molar-refractivity contribution < 1.29 is 31.9 Å². The van der Waals surface area contributed by atoms with Crippen molar-refractivity contribution in [2.45, 2.75) is 23.9 Å². The summed E-state index contributed by atoms with van der Waals surface area (Å²) in [4.78, 5) is 27.2. The maximum Gasteiger partial charge on any atom is 0.252 e. The second-order valence-corrected chi connectivity index (χ2v) is 9.73. The molecule has 0 aromatic heterocycles. The summed E-state index contributed by atoms with van der Waals surface area (Å²) >= 11 is 0. The summed E-state index contributed by atoms with van der Waals surface area (Å²) in [5, 5.41) is 0. The number of benzene rings is 3. The first-order chi connectivity index (χ1) is 16.7. The Balaban J connectivity index is 1.72. The Bertz CT molecular complexity index is 1330. The molecule has 35 heavy (non-hydrogen) atoms.